The Bertz CT molecular complexity index is 2280. The van der Waals surface area contributed by atoms with Gasteiger partial charge in [0.15, 0.2) is 0 Å². The molecule has 0 spiro atoms. The van der Waals surface area contributed by atoms with E-state index in [2.05, 4.69) is 228 Å². The Kier molecular flexibility index (Phi) is 10.6. The average Bonchev–Trinajstić information content (AvgIpc) is 3.28. The third-order valence-corrected chi connectivity index (χ3v) is 9.98. The topological polar surface area (TPSA) is 6.48 Å². The Morgan fingerprint density at radius 3 is 0.696 bits per heavy atom. The van der Waals surface area contributed by atoms with Crippen molar-refractivity contribution in [2.24, 2.45) is 0 Å². The van der Waals surface area contributed by atoms with Gasteiger partial charge in [0, 0.05) is 34.1 Å². The summed E-state index contributed by atoms with van der Waals surface area (Å²) in [7, 11) is 0. The first-order valence-corrected chi connectivity index (χ1v) is 18.9. The second-order valence-electron chi connectivity index (χ2n) is 13.5. The number of hydrogen-bond acceptors (Lipinski definition) is 2. The minimum Gasteiger partial charge on any atom is -0.311 e. The molecule has 8 rings (SSSR count). The first-order chi connectivity index (χ1) is 27.7. The number of benzene rings is 8. The van der Waals surface area contributed by atoms with Crippen LogP contribution < -0.4 is 9.80 Å². The highest BCUT2D eigenvalue weighted by Crippen LogP contribution is 2.45. The number of rotatable bonds is 12. The van der Waals surface area contributed by atoms with Crippen molar-refractivity contribution in [2.75, 3.05) is 9.80 Å². The lowest BCUT2D eigenvalue weighted by molar-refractivity contribution is 1.28. The molecule has 0 amide bonds. The maximum Gasteiger partial charge on any atom is 0.0462 e. The van der Waals surface area contributed by atoms with Crippen LogP contribution in [-0.4, -0.2) is 0 Å². The first-order valence-electron chi connectivity index (χ1n) is 18.9. The second-order valence-corrected chi connectivity index (χ2v) is 13.5. The largest absolute Gasteiger partial charge is 0.311 e. The minimum absolute atomic E-state index is 0.924. The van der Waals surface area contributed by atoms with E-state index in [4.69, 9.17) is 13.2 Å². The Balaban J connectivity index is 1.31. The van der Waals surface area contributed by atoms with E-state index in [1.165, 1.54) is 0 Å². The summed E-state index contributed by atoms with van der Waals surface area (Å²) in [5, 5.41) is 0. The number of allylic oxidation sites excluding steroid dienone is 4. The van der Waals surface area contributed by atoms with Gasteiger partial charge < -0.3 is 9.80 Å². The van der Waals surface area contributed by atoms with Crippen LogP contribution in [0.25, 0.3) is 22.3 Å². The summed E-state index contributed by atoms with van der Waals surface area (Å²) in [6.07, 6.45) is 0. The first kappa shape index (κ1) is 35.6. The van der Waals surface area contributed by atoms with Crippen molar-refractivity contribution in [2.45, 2.75) is 0 Å². The molecule has 0 aliphatic carbocycles. The minimum atomic E-state index is 0.924. The van der Waals surface area contributed by atoms with Gasteiger partial charge in [-0.25, -0.2) is 0 Å². The summed E-state index contributed by atoms with van der Waals surface area (Å²) in [5.74, 6) is 0. The fraction of sp³-hybridized carbons (Fsp3) is 0. The summed E-state index contributed by atoms with van der Waals surface area (Å²) in [6, 6.07) is 80.6. The van der Waals surface area contributed by atoms with Crippen molar-refractivity contribution < 1.29 is 0 Å². The van der Waals surface area contributed by atoms with E-state index in [9.17, 15) is 0 Å². The van der Waals surface area contributed by atoms with Crippen molar-refractivity contribution >= 4 is 56.4 Å². The van der Waals surface area contributed by atoms with E-state index in [-0.39, 0.29) is 0 Å². The zero-order valence-electron chi connectivity index (χ0n) is 31.2. The Labute approximate surface area is 330 Å². The SMILES string of the molecule is C=C(/C(=C(\C(=C)c1ccccc1)c1ccc(N(c2ccccc2)c2ccccc2)cc1)c1ccc(N(c2ccccc2)c2ccccc2)cc1)c1ccccc1. The van der Waals surface area contributed by atoms with Gasteiger partial charge in [-0.05, 0) is 117 Å². The van der Waals surface area contributed by atoms with Gasteiger partial charge in [-0.3, -0.25) is 0 Å². The van der Waals surface area contributed by atoms with Crippen LogP contribution in [0.4, 0.5) is 34.1 Å². The van der Waals surface area contributed by atoms with Crippen LogP contribution in [0.3, 0.4) is 0 Å². The van der Waals surface area contributed by atoms with Crippen LogP contribution in [0.2, 0.25) is 0 Å². The van der Waals surface area contributed by atoms with Crippen molar-refractivity contribution in [1.82, 2.24) is 0 Å². The van der Waals surface area contributed by atoms with E-state index >= 15 is 0 Å². The average molecular weight is 719 g/mol. The highest BCUT2D eigenvalue weighted by atomic mass is 15.1. The molecule has 0 aliphatic rings. The van der Waals surface area contributed by atoms with Crippen LogP contribution in [0.1, 0.15) is 22.3 Å². The molecule has 0 N–H and O–H groups in total. The Morgan fingerprint density at radius 1 is 0.232 bits per heavy atom. The number of hydrogen-bond donors (Lipinski definition) is 0. The number of anilines is 6. The van der Waals surface area contributed by atoms with Crippen molar-refractivity contribution in [3.05, 3.63) is 266 Å². The van der Waals surface area contributed by atoms with Gasteiger partial charge in [0.05, 0.1) is 0 Å². The molecule has 0 bridgehead atoms. The maximum atomic E-state index is 4.78. The smallest absolute Gasteiger partial charge is 0.0462 e. The third kappa shape index (κ3) is 7.64. The maximum absolute atomic E-state index is 4.78. The molecule has 0 aromatic heterocycles. The van der Waals surface area contributed by atoms with Gasteiger partial charge in [-0.2, -0.15) is 0 Å². The quantitative estimate of drug-likeness (QED) is 0.0917. The number of para-hydroxylation sites is 4. The second kappa shape index (κ2) is 16.7. The van der Waals surface area contributed by atoms with Gasteiger partial charge in [-0.1, -0.05) is 171 Å². The Morgan fingerprint density at radius 2 is 0.446 bits per heavy atom. The molecule has 0 saturated carbocycles. The Hall–Kier alpha value is -7.42. The molecule has 0 aliphatic heterocycles. The fourth-order valence-electron chi connectivity index (χ4n) is 7.26. The van der Waals surface area contributed by atoms with E-state index < -0.39 is 0 Å². The lowest BCUT2D eigenvalue weighted by Crippen LogP contribution is -2.10. The highest BCUT2D eigenvalue weighted by molar-refractivity contribution is 6.25. The molecule has 268 valence electrons. The molecule has 0 radical (unpaired) electrons. The monoisotopic (exact) mass is 718 g/mol. The summed E-state index contributed by atoms with van der Waals surface area (Å²) in [6.45, 7) is 9.57. The van der Waals surface area contributed by atoms with E-state index in [0.717, 1.165) is 78.7 Å². The predicted octanol–water partition coefficient (Wildman–Crippen LogP) is 15.0. The highest BCUT2D eigenvalue weighted by Gasteiger charge is 2.22. The molecule has 0 saturated heterocycles. The molecular weight excluding hydrogens is 677 g/mol. The molecule has 0 unspecified atom stereocenters. The summed E-state index contributed by atoms with van der Waals surface area (Å²) in [5.41, 5.74) is 14.6. The van der Waals surface area contributed by atoms with Crippen LogP contribution in [0.15, 0.2) is 244 Å². The van der Waals surface area contributed by atoms with Gasteiger partial charge in [0.1, 0.15) is 0 Å². The molecule has 56 heavy (non-hydrogen) atoms. The van der Waals surface area contributed by atoms with Crippen molar-refractivity contribution in [1.29, 1.82) is 0 Å². The van der Waals surface area contributed by atoms with E-state index in [0.29, 0.717) is 0 Å². The van der Waals surface area contributed by atoms with Crippen molar-refractivity contribution in [3.63, 3.8) is 0 Å². The molecule has 2 heteroatoms. The predicted molar refractivity (Wildman–Crippen MR) is 240 cm³/mol. The summed E-state index contributed by atoms with van der Waals surface area (Å²) < 4.78 is 0. The molecule has 8 aromatic carbocycles. The van der Waals surface area contributed by atoms with Crippen LogP contribution in [0.5, 0.6) is 0 Å². The van der Waals surface area contributed by atoms with Crippen molar-refractivity contribution in [3.8, 4) is 0 Å². The normalized spacial score (nSPS) is 11.3. The summed E-state index contributed by atoms with van der Waals surface area (Å²) in [4.78, 5) is 4.57. The summed E-state index contributed by atoms with van der Waals surface area (Å²) >= 11 is 0. The standard InChI is InChI=1S/C54H42N2/c1-41(43-21-9-3-10-22-43)53(45-33-37-51(38-34-45)55(47-25-13-5-14-26-47)48-27-15-6-16-28-48)54(42(2)44-23-11-4-12-24-44)46-35-39-52(40-36-46)56(49-29-17-7-18-30-49)50-31-19-8-20-32-50/h3-40H,1-2H2/b54-53-. The molecule has 0 heterocycles. The molecule has 2 nitrogen and oxygen atoms in total. The number of nitrogens with zero attached hydrogens (tertiary/aromatic N) is 2. The molecule has 0 fully saturated rings. The zero-order chi connectivity index (χ0) is 38.1. The fourth-order valence-corrected chi connectivity index (χ4v) is 7.26. The molecule has 8 aromatic rings. The van der Waals surface area contributed by atoms with Crippen LogP contribution in [-0.2, 0) is 0 Å². The van der Waals surface area contributed by atoms with Gasteiger partial charge in [-0.15, -0.1) is 0 Å². The zero-order valence-corrected chi connectivity index (χ0v) is 31.2. The third-order valence-electron chi connectivity index (χ3n) is 9.98. The van der Waals surface area contributed by atoms with Gasteiger partial charge >= 0.3 is 0 Å². The van der Waals surface area contributed by atoms with Crippen LogP contribution >= 0.6 is 0 Å². The molecular formula is C54H42N2. The van der Waals surface area contributed by atoms with Crippen LogP contribution in [0, 0.1) is 0 Å². The van der Waals surface area contributed by atoms with Gasteiger partial charge in [0.2, 0.25) is 0 Å². The van der Waals surface area contributed by atoms with E-state index in [1.54, 1.807) is 0 Å². The lowest BCUT2D eigenvalue weighted by Gasteiger charge is -2.27. The van der Waals surface area contributed by atoms with Gasteiger partial charge in [0.25, 0.3) is 0 Å². The lowest BCUT2D eigenvalue weighted by atomic mass is 9.82. The van der Waals surface area contributed by atoms with E-state index in [1.807, 2.05) is 12.1 Å². The molecule has 0 atom stereocenters.